The van der Waals surface area contributed by atoms with Crippen LogP contribution in [0.15, 0.2) is 22.7 Å². The van der Waals surface area contributed by atoms with Gasteiger partial charge in [0.05, 0.1) is 11.5 Å². The molecule has 1 unspecified atom stereocenters. The zero-order valence-corrected chi connectivity index (χ0v) is 11.8. The van der Waals surface area contributed by atoms with Gasteiger partial charge in [-0.15, -0.1) is 0 Å². The third-order valence-electron chi connectivity index (χ3n) is 2.03. The summed E-state index contributed by atoms with van der Waals surface area (Å²) in [5.41, 5.74) is 0.835. The molecule has 0 aromatic heterocycles. The maximum atomic E-state index is 10.9. The van der Waals surface area contributed by atoms with E-state index in [1.54, 1.807) is 19.2 Å². The molecule has 0 amide bonds. The number of halogens is 2. The molecule has 0 fully saturated rings. The Morgan fingerprint density at radius 3 is 2.81 bits per heavy atom. The molecule has 0 heterocycles. The Morgan fingerprint density at radius 1 is 1.56 bits per heavy atom. The van der Waals surface area contributed by atoms with E-state index in [1.807, 2.05) is 0 Å². The molecule has 1 rings (SSSR count). The molecule has 0 radical (unpaired) electrons. The van der Waals surface area contributed by atoms with Crippen molar-refractivity contribution in [1.82, 2.24) is 0 Å². The van der Waals surface area contributed by atoms with Crippen LogP contribution in [0.1, 0.15) is 5.56 Å². The Kier molecular flexibility index (Phi) is 5.37. The number of nitrogens with zero attached hydrogens (tertiary/aromatic N) is 1. The van der Waals surface area contributed by atoms with Crippen LogP contribution in [-0.2, 0) is 11.2 Å². The van der Waals surface area contributed by atoms with Crippen molar-refractivity contribution in [1.29, 1.82) is 0 Å². The molecule has 0 spiro atoms. The summed E-state index contributed by atoms with van der Waals surface area (Å²) in [6, 6.07) is 5.07. The summed E-state index contributed by atoms with van der Waals surface area (Å²) in [6.45, 7) is 0.521. The van der Waals surface area contributed by atoms with Crippen LogP contribution < -0.4 is 0 Å². The van der Waals surface area contributed by atoms with Gasteiger partial charge in [0.1, 0.15) is 0 Å². The third kappa shape index (κ3) is 3.84. The van der Waals surface area contributed by atoms with E-state index >= 15 is 0 Å². The van der Waals surface area contributed by atoms with Gasteiger partial charge >= 0.3 is 0 Å². The summed E-state index contributed by atoms with van der Waals surface area (Å²) in [5.74, 6) is 0. The van der Waals surface area contributed by atoms with Crippen LogP contribution in [-0.4, -0.2) is 23.5 Å². The lowest BCUT2D eigenvalue weighted by Gasteiger charge is -2.09. The number of rotatable bonds is 5. The molecule has 0 saturated heterocycles. The minimum atomic E-state index is -0.368. The fourth-order valence-electron chi connectivity index (χ4n) is 1.36. The lowest BCUT2D eigenvalue weighted by Crippen LogP contribution is -2.11. The lowest BCUT2D eigenvalue weighted by atomic mass is 10.1. The molecule has 0 aliphatic rings. The number of hydrogen-bond donors (Lipinski definition) is 0. The van der Waals surface area contributed by atoms with Gasteiger partial charge in [-0.05, 0) is 12.5 Å². The van der Waals surface area contributed by atoms with Crippen LogP contribution in [0.25, 0.3) is 0 Å². The van der Waals surface area contributed by atoms with E-state index in [4.69, 9.17) is 4.74 Å². The Hall–Kier alpha value is -0.460. The second kappa shape index (κ2) is 6.32. The predicted molar refractivity (Wildman–Crippen MR) is 69.1 cm³/mol. The first-order chi connectivity index (χ1) is 7.54. The van der Waals surface area contributed by atoms with Gasteiger partial charge in [-0.3, -0.25) is 10.1 Å². The fraction of sp³-hybridized carbons (Fsp3) is 0.400. The number of alkyl halides is 1. The fourth-order valence-corrected chi connectivity index (χ4v) is 2.32. The zero-order valence-electron chi connectivity index (χ0n) is 8.65. The largest absolute Gasteiger partial charge is 0.384 e. The Morgan fingerprint density at radius 2 is 2.25 bits per heavy atom. The first-order valence-corrected chi connectivity index (χ1v) is 6.31. The SMILES string of the molecule is COCC(Br)Cc1ccc(Br)cc1[N+](=O)[O-]. The topological polar surface area (TPSA) is 52.4 Å². The Balaban J connectivity index is 2.90. The second-order valence-electron chi connectivity index (χ2n) is 3.29. The molecule has 16 heavy (non-hydrogen) atoms. The average molecular weight is 353 g/mol. The molecule has 0 aliphatic heterocycles. The molecule has 4 nitrogen and oxygen atoms in total. The number of benzene rings is 1. The van der Waals surface area contributed by atoms with Crippen molar-refractivity contribution in [2.45, 2.75) is 11.2 Å². The van der Waals surface area contributed by atoms with Gasteiger partial charge < -0.3 is 4.74 Å². The minimum Gasteiger partial charge on any atom is -0.384 e. The van der Waals surface area contributed by atoms with Crippen LogP contribution in [0.3, 0.4) is 0 Å². The highest BCUT2D eigenvalue weighted by Crippen LogP contribution is 2.25. The lowest BCUT2D eigenvalue weighted by molar-refractivity contribution is -0.385. The van der Waals surface area contributed by atoms with Gasteiger partial charge in [0, 0.05) is 28.0 Å². The summed E-state index contributed by atoms with van der Waals surface area (Å²) in [6.07, 6.45) is 0.567. The quantitative estimate of drug-likeness (QED) is 0.464. The first-order valence-electron chi connectivity index (χ1n) is 4.60. The van der Waals surface area contributed by atoms with Gasteiger partial charge in [-0.25, -0.2) is 0 Å². The number of hydrogen-bond acceptors (Lipinski definition) is 3. The van der Waals surface area contributed by atoms with Crippen LogP contribution in [0.5, 0.6) is 0 Å². The summed E-state index contributed by atoms with van der Waals surface area (Å²) >= 11 is 6.64. The molecule has 1 atom stereocenters. The number of methoxy groups -OCH3 is 1. The molecule has 6 heteroatoms. The highest BCUT2D eigenvalue weighted by molar-refractivity contribution is 9.10. The highest BCUT2D eigenvalue weighted by Gasteiger charge is 2.16. The molecule has 1 aromatic rings. The minimum absolute atomic E-state index is 0.0809. The van der Waals surface area contributed by atoms with E-state index in [-0.39, 0.29) is 15.4 Å². The van der Waals surface area contributed by atoms with E-state index in [0.717, 1.165) is 0 Å². The Labute approximate surface area is 110 Å². The summed E-state index contributed by atoms with van der Waals surface area (Å²) in [5, 5.41) is 10.9. The predicted octanol–water partition coefficient (Wildman–Crippen LogP) is 3.31. The van der Waals surface area contributed by atoms with E-state index in [1.165, 1.54) is 6.07 Å². The van der Waals surface area contributed by atoms with Crippen LogP contribution in [0, 0.1) is 10.1 Å². The molecule has 0 N–H and O–H groups in total. The van der Waals surface area contributed by atoms with Crippen molar-refractivity contribution >= 4 is 37.5 Å². The average Bonchev–Trinajstić information content (AvgIpc) is 2.20. The molecule has 0 bridgehead atoms. The van der Waals surface area contributed by atoms with E-state index in [9.17, 15) is 10.1 Å². The van der Waals surface area contributed by atoms with Crippen molar-refractivity contribution < 1.29 is 9.66 Å². The summed E-state index contributed by atoms with van der Waals surface area (Å²) in [4.78, 5) is 10.6. The number of ether oxygens (including phenoxy) is 1. The maximum absolute atomic E-state index is 10.9. The highest BCUT2D eigenvalue weighted by atomic mass is 79.9. The standard InChI is InChI=1S/C10H11Br2NO3/c1-16-6-9(12)4-7-2-3-8(11)5-10(7)13(14)15/h2-3,5,9H,4,6H2,1H3. The van der Waals surface area contributed by atoms with Gasteiger partial charge in [-0.1, -0.05) is 37.9 Å². The summed E-state index contributed by atoms with van der Waals surface area (Å²) < 4.78 is 5.68. The van der Waals surface area contributed by atoms with Gasteiger partial charge in [0.2, 0.25) is 0 Å². The monoisotopic (exact) mass is 351 g/mol. The van der Waals surface area contributed by atoms with Crippen LogP contribution in [0.4, 0.5) is 5.69 Å². The van der Waals surface area contributed by atoms with Crippen molar-refractivity contribution in [3.63, 3.8) is 0 Å². The summed E-state index contributed by atoms with van der Waals surface area (Å²) in [7, 11) is 1.60. The van der Waals surface area contributed by atoms with E-state index < -0.39 is 0 Å². The molecule has 0 aliphatic carbocycles. The third-order valence-corrected chi connectivity index (χ3v) is 3.11. The smallest absolute Gasteiger partial charge is 0.273 e. The van der Waals surface area contributed by atoms with E-state index in [0.29, 0.717) is 23.1 Å². The zero-order chi connectivity index (χ0) is 12.1. The second-order valence-corrected chi connectivity index (χ2v) is 5.50. The first kappa shape index (κ1) is 13.6. The van der Waals surface area contributed by atoms with Gasteiger partial charge in [0.15, 0.2) is 0 Å². The van der Waals surface area contributed by atoms with Crippen molar-refractivity contribution in [3.8, 4) is 0 Å². The van der Waals surface area contributed by atoms with Crippen LogP contribution >= 0.6 is 31.9 Å². The number of nitro groups is 1. The maximum Gasteiger partial charge on any atom is 0.273 e. The van der Waals surface area contributed by atoms with Crippen molar-refractivity contribution in [2.24, 2.45) is 0 Å². The molecule has 1 aromatic carbocycles. The Bertz CT molecular complexity index is 384. The normalized spacial score (nSPS) is 12.4. The molecular weight excluding hydrogens is 342 g/mol. The molecular formula is C10H11Br2NO3. The molecule has 0 saturated carbocycles. The van der Waals surface area contributed by atoms with Gasteiger partial charge in [-0.2, -0.15) is 0 Å². The number of nitro benzene ring substituents is 1. The van der Waals surface area contributed by atoms with Crippen LogP contribution in [0.2, 0.25) is 0 Å². The molecule has 88 valence electrons. The van der Waals surface area contributed by atoms with Crippen molar-refractivity contribution in [2.75, 3.05) is 13.7 Å². The van der Waals surface area contributed by atoms with E-state index in [2.05, 4.69) is 31.9 Å². The van der Waals surface area contributed by atoms with Crippen molar-refractivity contribution in [3.05, 3.63) is 38.3 Å². The van der Waals surface area contributed by atoms with Gasteiger partial charge in [0.25, 0.3) is 5.69 Å².